The lowest BCUT2D eigenvalue weighted by Crippen LogP contribution is -2.64. The summed E-state index contributed by atoms with van der Waals surface area (Å²) in [5, 5.41) is 14.4. The molecule has 156 valence electrons. The van der Waals surface area contributed by atoms with Crippen LogP contribution in [0.1, 0.15) is 40.2 Å². The van der Waals surface area contributed by atoms with Gasteiger partial charge in [0.25, 0.3) is 0 Å². The van der Waals surface area contributed by atoms with Crippen molar-refractivity contribution < 1.29 is 33.4 Å². The van der Waals surface area contributed by atoms with E-state index in [0.29, 0.717) is 5.56 Å². The summed E-state index contributed by atoms with van der Waals surface area (Å²) in [6.07, 6.45) is -1.09. The molecule has 0 saturated carbocycles. The van der Waals surface area contributed by atoms with Crippen LogP contribution in [0.25, 0.3) is 0 Å². The topological polar surface area (TPSA) is 114 Å². The predicted octanol–water partition coefficient (Wildman–Crippen LogP) is 2.21. The number of benzene rings is 1. The van der Waals surface area contributed by atoms with Crippen molar-refractivity contribution in [2.75, 3.05) is 7.11 Å². The first-order valence-corrected chi connectivity index (χ1v) is 8.57. The number of carboxylic acids is 1. The van der Waals surface area contributed by atoms with Crippen LogP contribution in [-0.4, -0.2) is 47.1 Å². The monoisotopic (exact) mass is 398 g/mol. The molecule has 1 aromatic carbocycles. The van der Waals surface area contributed by atoms with Crippen LogP contribution in [0.2, 0.25) is 0 Å². The van der Waals surface area contributed by atoms with Crippen LogP contribution < -0.4 is 10.6 Å². The molecule has 0 heterocycles. The Bertz CT molecular complexity index is 727. The molecule has 0 fully saturated rings. The van der Waals surface area contributed by atoms with E-state index in [1.54, 1.807) is 20.8 Å². The fraction of sp³-hybridized carbons (Fsp3) is 0.526. The van der Waals surface area contributed by atoms with E-state index in [9.17, 15) is 23.9 Å². The zero-order chi connectivity index (χ0) is 21.8. The highest BCUT2D eigenvalue weighted by Crippen LogP contribution is 2.18. The SMILES string of the molecule is CO[C@@](Cc1ccc(F)cc1)(NC(=O)C(C)(C)NC(=O)OC(C)(C)C)C(=O)O. The second-order valence-electron chi connectivity index (χ2n) is 7.85. The highest BCUT2D eigenvalue weighted by molar-refractivity contribution is 5.93. The Morgan fingerprint density at radius 1 is 1.04 bits per heavy atom. The first-order chi connectivity index (χ1) is 12.7. The summed E-state index contributed by atoms with van der Waals surface area (Å²) < 4.78 is 23.3. The summed E-state index contributed by atoms with van der Waals surface area (Å²) in [5.41, 5.74) is -3.94. The van der Waals surface area contributed by atoms with E-state index in [0.717, 1.165) is 7.11 Å². The number of methoxy groups -OCH3 is 1. The largest absolute Gasteiger partial charge is 0.478 e. The Labute approximate surface area is 163 Å². The Morgan fingerprint density at radius 3 is 2.00 bits per heavy atom. The van der Waals surface area contributed by atoms with E-state index in [-0.39, 0.29) is 6.42 Å². The van der Waals surface area contributed by atoms with E-state index in [4.69, 9.17) is 9.47 Å². The number of nitrogens with one attached hydrogen (secondary N) is 2. The molecule has 0 spiro atoms. The minimum Gasteiger partial charge on any atom is -0.478 e. The Hall–Kier alpha value is -2.68. The molecule has 0 aliphatic carbocycles. The number of carbonyl (C=O) groups excluding carboxylic acids is 2. The molecule has 0 aromatic heterocycles. The maximum absolute atomic E-state index is 13.1. The van der Waals surface area contributed by atoms with Crippen molar-refractivity contribution in [2.45, 2.75) is 57.9 Å². The van der Waals surface area contributed by atoms with E-state index >= 15 is 0 Å². The summed E-state index contributed by atoms with van der Waals surface area (Å²) in [6, 6.07) is 5.13. The van der Waals surface area contributed by atoms with Crippen LogP contribution in [0.4, 0.5) is 9.18 Å². The third-order valence-corrected chi connectivity index (χ3v) is 3.76. The molecule has 0 unspecified atom stereocenters. The number of rotatable bonds is 7. The molecule has 1 rings (SSSR count). The van der Waals surface area contributed by atoms with Gasteiger partial charge in [-0.3, -0.25) is 4.79 Å². The molecular formula is C19H27FN2O6. The quantitative estimate of drug-likeness (QED) is 0.607. The molecule has 0 aliphatic heterocycles. The molecule has 1 aromatic rings. The van der Waals surface area contributed by atoms with Gasteiger partial charge in [0, 0.05) is 13.5 Å². The van der Waals surface area contributed by atoms with Crippen LogP contribution in [0.3, 0.4) is 0 Å². The summed E-state index contributed by atoms with van der Waals surface area (Å²) in [7, 11) is 1.13. The minimum atomic E-state index is -2.11. The first-order valence-electron chi connectivity index (χ1n) is 8.57. The van der Waals surface area contributed by atoms with Crippen molar-refractivity contribution >= 4 is 18.0 Å². The van der Waals surface area contributed by atoms with Crippen LogP contribution in [0.15, 0.2) is 24.3 Å². The molecule has 3 N–H and O–H groups in total. The normalized spacial score (nSPS) is 14.0. The van der Waals surface area contributed by atoms with Gasteiger partial charge in [0.2, 0.25) is 11.6 Å². The summed E-state index contributed by atoms with van der Waals surface area (Å²) >= 11 is 0. The summed E-state index contributed by atoms with van der Waals surface area (Å²) in [6.45, 7) is 7.80. The molecule has 1 atom stereocenters. The lowest BCUT2D eigenvalue weighted by atomic mass is 9.99. The van der Waals surface area contributed by atoms with E-state index in [1.807, 2.05) is 0 Å². The third-order valence-electron chi connectivity index (χ3n) is 3.76. The molecule has 28 heavy (non-hydrogen) atoms. The maximum Gasteiger partial charge on any atom is 0.408 e. The number of carbonyl (C=O) groups is 3. The van der Waals surface area contributed by atoms with Crippen molar-refractivity contribution in [2.24, 2.45) is 0 Å². The van der Waals surface area contributed by atoms with E-state index in [1.165, 1.54) is 38.1 Å². The van der Waals surface area contributed by atoms with E-state index < -0.39 is 40.7 Å². The highest BCUT2D eigenvalue weighted by Gasteiger charge is 2.44. The highest BCUT2D eigenvalue weighted by atomic mass is 19.1. The van der Waals surface area contributed by atoms with Crippen LogP contribution in [0.5, 0.6) is 0 Å². The second-order valence-corrected chi connectivity index (χ2v) is 7.85. The number of carboxylic acid groups (broad SMARTS) is 1. The number of alkyl carbamates (subject to hydrolysis) is 1. The van der Waals surface area contributed by atoms with Crippen molar-refractivity contribution in [1.82, 2.24) is 10.6 Å². The van der Waals surface area contributed by atoms with Crippen molar-refractivity contribution in [1.29, 1.82) is 0 Å². The first kappa shape index (κ1) is 23.4. The van der Waals surface area contributed by atoms with Gasteiger partial charge in [-0.1, -0.05) is 12.1 Å². The van der Waals surface area contributed by atoms with Gasteiger partial charge in [0.15, 0.2) is 0 Å². The van der Waals surface area contributed by atoms with Crippen LogP contribution >= 0.6 is 0 Å². The number of ether oxygens (including phenoxy) is 2. The number of halogens is 1. The average Bonchev–Trinajstić information content (AvgIpc) is 2.53. The number of aliphatic carboxylic acids is 1. The fourth-order valence-electron chi connectivity index (χ4n) is 2.23. The third kappa shape index (κ3) is 6.49. The zero-order valence-electron chi connectivity index (χ0n) is 16.9. The van der Waals surface area contributed by atoms with Gasteiger partial charge >= 0.3 is 12.1 Å². The van der Waals surface area contributed by atoms with Gasteiger partial charge in [0.05, 0.1) is 0 Å². The van der Waals surface area contributed by atoms with Crippen molar-refractivity contribution in [3.05, 3.63) is 35.6 Å². The molecule has 0 bridgehead atoms. The predicted molar refractivity (Wildman–Crippen MR) is 99.1 cm³/mol. The van der Waals surface area contributed by atoms with Crippen LogP contribution in [-0.2, 0) is 25.5 Å². The Balaban J connectivity index is 3.01. The summed E-state index contributed by atoms with van der Waals surface area (Å²) in [5.74, 6) is -2.72. The number of hydrogen-bond acceptors (Lipinski definition) is 5. The maximum atomic E-state index is 13.1. The second kappa shape index (κ2) is 8.55. The number of amides is 2. The van der Waals surface area contributed by atoms with Gasteiger partial charge in [0.1, 0.15) is 17.0 Å². The Morgan fingerprint density at radius 2 is 1.57 bits per heavy atom. The average molecular weight is 398 g/mol. The standard InChI is InChI=1S/C19H27FN2O6/c1-17(2,3)28-16(26)22-18(4,5)14(23)21-19(27-6,15(24)25)11-12-7-9-13(20)10-8-12/h7-10H,11H2,1-6H3,(H,21,23)(H,22,26)(H,24,25)/t19-/m1/s1. The van der Waals surface area contributed by atoms with E-state index in [2.05, 4.69) is 10.6 Å². The zero-order valence-corrected chi connectivity index (χ0v) is 16.9. The van der Waals surface area contributed by atoms with Crippen molar-refractivity contribution in [3.8, 4) is 0 Å². The molecule has 0 saturated heterocycles. The van der Waals surface area contributed by atoms with Gasteiger partial charge in [-0.2, -0.15) is 0 Å². The lowest BCUT2D eigenvalue weighted by Gasteiger charge is -2.34. The van der Waals surface area contributed by atoms with Gasteiger partial charge in [-0.25, -0.2) is 14.0 Å². The number of hydrogen-bond donors (Lipinski definition) is 3. The van der Waals surface area contributed by atoms with Gasteiger partial charge in [-0.05, 0) is 52.3 Å². The van der Waals surface area contributed by atoms with Crippen molar-refractivity contribution in [3.63, 3.8) is 0 Å². The fourth-order valence-corrected chi connectivity index (χ4v) is 2.23. The lowest BCUT2D eigenvalue weighted by molar-refractivity contribution is -0.171. The molecule has 0 radical (unpaired) electrons. The molecule has 9 heteroatoms. The van der Waals surface area contributed by atoms with Gasteiger partial charge in [-0.15, -0.1) is 0 Å². The summed E-state index contributed by atoms with van der Waals surface area (Å²) in [4.78, 5) is 36.5. The minimum absolute atomic E-state index is 0.257. The molecule has 8 nitrogen and oxygen atoms in total. The Kier molecular flexibility index (Phi) is 7.14. The smallest absolute Gasteiger partial charge is 0.408 e. The molecular weight excluding hydrogens is 371 g/mol. The molecule has 0 aliphatic rings. The van der Waals surface area contributed by atoms with Crippen LogP contribution in [0, 0.1) is 5.82 Å². The van der Waals surface area contributed by atoms with Gasteiger partial charge < -0.3 is 25.2 Å². The molecule has 2 amide bonds.